The van der Waals surface area contributed by atoms with Gasteiger partial charge in [-0.1, -0.05) is 13.8 Å². The van der Waals surface area contributed by atoms with Crippen molar-refractivity contribution in [3.05, 3.63) is 34.4 Å². The van der Waals surface area contributed by atoms with Crippen LogP contribution in [0.1, 0.15) is 77.2 Å². The Balaban J connectivity index is 1.16. The van der Waals surface area contributed by atoms with Gasteiger partial charge >= 0.3 is 17.6 Å². The summed E-state index contributed by atoms with van der Waals surface area (Å²) in [6.45, 7) is 9.04. The van der Waals surface area contributed by atoms with Crippen LogP contribution in [0.5, 0.6) is 0 Å². The highest BCUT2D eigenvalue weighted by atomic mass is 16.7. The first kappa shape index (κ1) is 28.3. The van der Waals surface area contributed by atoms with Crippen molar-refractivity contribution >= 4 is 12.0 Å². The lowest BCUT2D eigenvalue weighted by Gasteiger charge is -2.64. The van der Waals surface area contributed by atoms with Crippen LogP contribution in [-0.2, 0) is 14.3 Å². The highest BCUT2D eigenvalue weighted by molar-refractivity contribution is 5.74. The number of aliphatic hydroxyl groups is 1. The Bertz CT molecular complexity index is 1310. The number of fused-ring (bicyclic) bond motifs is 3. The second kappa shape index (κ2) is 9.53. The highest BCUT2D eigenvalue weighted by Crippen LogP contribution is 2.78. The van der Waals surface area contributed by atoms with Gasteiger partial charge in [0.2, 0.25) is 0 Å². The van der Waals surface area contributed by atoms with Crippen LogP contribution in [0, 0.1) is 22.7 Å². The van der Waals surface area contributed by atoms with Crippen molar-refractivity contribution in [1.82, 2.24) is 15.1 Å². The third-order valence-corrected chi connectivity index (χ3v) is 12.8. The molecule has 1 aromatic heterocycles. The van der Waals surface area contributed by atoms with E-state index in [2.05, 4.69) is 19.2 Å². The number of ether oxygens (including phenoxy) is 2. The second-order valence-electron chi connectivity index (χ2n) is 14.5. The minimum absolute atomic E-state index is 0.0101. The van der Waals surface area contributed by atoms with Crippen LogP contribution in [0.3, 0.4) is 0 Å². The summed E-state index contributed by atoms with van der Waals surface area (Å²) in [7, 11) is 1.90. The van der Waals surface area contributed by atoms with E-state index >= 15 is 0 Å². The largest absolute Gasteiger partial charge is 0.459 e. The van der Waals surface area contributed by atoms with Gasteiger partial charge in [0.1, 0.15) is 17.8 Å². The molecule has 6 fully saturated rings. The van der Waals surface area contributed by atoms with E-state index in [0.717, 1.165) is 50.8 Å². The highest BCUT2D eigenvalue weighted by Gasteiger charge is 2.85. The molecule has 42 heavy (non-hydrogen) atoms. The predicted molar refractivity (Wildman–Crippen MR) is 153 cm³/mol. The molecule has 10 heteroatoms. The molecule has 4 saturated carbocycles. The van der Waals surface area contributed by atoms with Crippen LogP contribution >= 0.6 is 0 Å². The number of carbonyl (C=O) groups excluding carboxylic acids is 2. The summed E-state index contributed by atoms with van der Waals surface area (Å²) in [4.78, 5) is 41.2. The molecule has 2 aliphatic heterocycles. The number of amides is 2. The topological polar surface area (TPSA) is 125 Å². The Morgan fingerprint density at radius 1 is 1.07 bits per heavy atom. The molecular formula is C32H45N3O7. The van der Waals surface area contributed by atoms with Gasteiger partial charge in [-0.05, 0) is 73.8 Å². The Morgan fingerprint density at radius 3 is 2.48 bits per heavy atom. The van der Waals surface area contributed by atoms with Crippen molar-refractivity contribution in [2.24, 2.45) is 22.7 Å². The fourth-order valence-electron chi connectivity index (χ4n) is 10.7. The fourth-order valence-corrected chi connectivity index (χ4v) is 10.7. The lowest BCUT2D eigenvalue weighted by atomic mass is 9.42. The Morgan fingerprint density at radius 2 is 1.79 bits per heavy atom. The molecule has 2 amide bonds. The van der Waals surface area contributed by atoms with Crippen molar-refractivity contribution < 1.29 is 28.6 Å². The molecule has 7 rings (SSSR count). The van der Waals surface area contributed by atoms with E-state index in [1.54, 1.807) is 0 Å². The number of nitrogens with one attached hydrogen (secondary N) is 1. The molecule has 2 N–H and O–H groups in total. The van der Waals surface area contributed by atoms with Gasteiger partial charge in [0, 0.05) is 63.6 Å². The fraction of sp³-hybridized carbons (Fsp3) is 0.781. The average Bonchev–Trinajstić information content (AvgIpc) is 3.67. The van der Waals surface area contributed by atoms with Gasteiger partial charge in [-0.2, -0.15) is 0 Å². The number of hydrogen-bond acceptors (Lipinski definition) is 8. The van der Waals surface area contributed by atoms with Crippen molar-refractivity contribution in [2.45, 2.75) is 101 Å². The van der Waals surface area contributed by atoms with Gasteiger partial charge in [-0.25, -0.2) is 9.59 Å². The van der Waals surface area contributed by atoms with E-state index in [1.807, 2.05) is 22.9 Å². The van der Waals surface area contributed by atoms with Crippen LogP contribution in [0.25, 0.3) is 0 Å². The maximum absolute atomic E-state index is 13.3. The molecular weight excluding hydrogens is 538 g/mol. The molecule has 4 aliphatic carbocycles. The van der Waals surface area contributed by atoms with Gasteiger partial charge < -0.3 is 34.1 Å². The molecule has 0 radical (unpaired) electrons. The molecule has 0 bridgehead atoms. The third kappa shape index (κ3) is 3.76. The maximum Gasteiger partial charge on any atom is 0.335 e. The number of rotatable bonds is 3. The van der Waals surface area contributed by atoms with E-state index in [9.17, 15) is 19.5 Å². The number of hydrogen-bond donors (Lipinski definition) is 2. The molecule has 3 heterocycles. The quantitative estimate of drug-likeness (QED) is 0.411. The smallest absolute Gasteiger partial charge is 0.335 e. The van der Waals surface area contributed by atoms with E-state index < -0.39 is 22.9 Å². The van der Waals surface area contributed by atoms with Crippen molar-refractivity contribution in [2.75, 3.05) is 33.2 Å². The van der Waals surface area contributed by atoms with Crippen LogP contribution in [0.15, 0.2) is 27.6 Å². The van der Waals surface area contributed by atoms with Gasteiger partial charge in [-0.15, -0.1) is 0 Å². The molecule has 10 atom stereocenters. The normalized spacial score (nSPS) is 45.6. The first-order valence-corrected chi connectivity index (χ1v) is 15.8. The predicted octanol–water partition coefficient (Wildman–Crippen LogP) is 2.88. The summed E-state index contributed by atoms with van der Waals surface area (Å²) in [5, 5.41) is 15.7. The summed E-state index contributed by atoms with van der Waals surface area (Å²) in [5.41, 5.74) is -1.45. The van der Waals surface area contributed by atoms with Crippen LogP contribution in [0.2, 0.25) is 0 Å². The summed E-state index contributed by atoms with van der Waals surface area (Å²) >= 11 is 0. The molecule has 230 valence electrons. The van der Waals surface area contributed by atoms with Crippen molar-refractivity contribution in [1.29, 1.82) is 0 Å². The van der Waals surface area contributed by atoms with Gasteiger partial charge in [0.15, 0.2) is 0 Å². The Kier molecular flexibility index (Phi) is 6.43. The first-order chi connectivity index (χ1) is 19.9. The lowest BCUT2D eigenvalue weighted by molar-refractivity contribution is -0.218. The SMILES string of the molecule is CC(=O)O[C@H]1[C@H]2O[C@]23[C@@H]2CC[C@]4(O)C[C@@H](N(C)C(=O)N5CCNCC5)CC[C@]4(C)[C@H]2CC[C@]3(C)[C@H]1c1ccc(=O)oc1. The summed E-state index contributed by atoms with van der Waals surface area (Å²) in [6, 6.07) is 3.32. The van der Waals surface area contributed by atoms with E-state index in [-0.39, 0.29) is 52.7 Å². The van der Waals surface area contributed by atoms with Crippen LogP contribution in [0.4, 0.5) is 4.79 Å². The number of urea groups is 1. The number of piperazine rings is 1. The molecule has 6 aliphatic rings. The summed E-state index contributed by atoms with van der Waals surface area (Å²) in [5.74, 6) is 0.00557. The average molecular weight is 584 g/mol. The van der Waals surface area contributed by atoms with E-state index in [1.165, 1.54) is 19.3 Å². The molecule has 10 nitrogen and oxygen atoms in total. The van der Waals surface area contributed by atoms with E-state index in [0.29, 0.717) is 25.9 Å². The number of carbonyl (C=O) groups is 2. The summed E-state index contributed by atoms with van der Waals surface area (Å²) < 4.78 is 18.0. The second-order valence-corrected chi connectivity index (χ2v) is 14.5. The zero-order valence-electron chi connectivity index (χ0n) is 25.3. The lowest BCUT2D eigenvalue weighted by Crippen LogP contribution is -2.66. The number of esters is 1. The van der Waals surface area contributed by atoms with Gasteiger partial charge in [0.25, 0.3) is 0 Å². The van der Waals surface area contributed by atoms with Gasteiger partial charge in [0.05, 0.1) is 11.9 Å². The minimum atomic E-state index is -0.861. The minimum Gasteiger partial charge on any atom is -0.459 e. The van der Waals surface area contributed by atoms with Crippen LogP contribution in [-0.4, -0.2) is 89.6 Å². The van der Waals surface area contributed by atoms with E-state index in [4.69, 9.17) is 13.9 Å². The Labute approximate surface area is 247 Å². The molecule has 1 aromatic rings. The zero-order chi connectivity index (χ0) is 29.7. The monoisotopic (exact) mass is 583 g/mol. The number of epoxide rings is 1. The standard InChI is InChI=1S/C32H45N3O7/c1-19(36)41-26-25(20-5-6-24(37)40-18-20)30(3)11-8-22-23(32(30)27(26)42-32)9-12-31(39)17-21(7-10-29(22,31)2)34(4)28(38)35-15-13-33-14-16-35/h5-6,18,21-23,25-27,33,39H,7-17H2,1-4H3/t21-,22-,23+,25-,26+,27+,29+,30+,31-,32+/m0/s1. The van der Waals surface area contributed by atoms with Crippen molar-refractivity contribution in [3.8, 4) is 0 Å². The molecule has 1 spiro atoms. The molecule has 2 saturated heterocycles. The number of nitrogens with zero attached hydrogens (tertiary/aromatic N) is 2. The maximum atomic E-state index is 13.3. The summed E-state index contributed by atoms with van der Waals surface area (Å²) in [6.07, 6.45) is 6.47. The Hall–Kier alpha value is -2.43. The van der Waals surface area contributed by atoms with Gasteiger partial charge in [-0.3, -0.25) is 4.79 Å². The third-order valence-electron chi connectivity index (χ3n) is 12.8. The molecule has 0 unspecified atom stereocenters. The van der Waals surface area contributed by atoms with Crippen molar-refractivity contribution in [3.63, 3.8) is 0 Å². The first-order valence-electron chi connectivity index (χ1n) is 15.8. The van der Waals surface area contributed by atoms with Crippen LogP contribution < -0.4 is 10.9 Å². The molecule has 0 aromatic carbocycles. The zero-order valence-corrected chi connectivity index (χ0v) is 25.3.